The van der Waals surface area contributed by atoms with Gasteiger partial charge in [-0.1, -0.05) is 6.92 Å². The molecule has 1 aromatic heterocycles. The molecule has 3 rings (SSSR count). The summed E-state index contributed by atoms with van der Waals surface area (Å²) in [5, 5.41) is 9.39. The van der Waals surface area contributed by atoms with E-state index in [2.05, 4.69) is 11.6 Å². The fraction of sp³-hybridized carbons (Fsp3) is 0.733. The van der Waals surface area contributed by atoms with Crippen molar-refractivity contribution < 1.29 is 13.5 Å². The standard InChI is InChI=1S/C15H24N2O3S/c1-11-2-4-12(5-3-11)16-21(19,20)15-8-14(10-18)17(9-15)13-6-7-13/h8-9,11-13,16,18H,2-7,10H2,1H3. The summed E-state index contributed by atoms with van der Waals surface area (Å²) in [4.78, 5) is 0.289. The van der Waals surface area contributed by atoms with Gasteiger partial charge in [0.15, 0.2) is 0 Å². The van der Waals surface area contributed by atoms with Gasteiger partial charge < -0.3 is 9.67 Å². The Hall–Kier alpha value is -0.850. The molecule has 0 unspecified atom stereocenters. The van der Waals surface area contributed by atoms with E-state index in [1.165, 1.54) is 0 Å². The third kappa shape index (κ3) is 3.33. The van der Waals surface area contributed by atoms with Crippen LogP contribution < -0.4 is 4.72 Å². The number of aromatic nitrogens is 1. The first-order valence-electron chi connectivity index (χ1n) is 7.83. The molecule has 1 aromatic rings. The highest BCUT2D eigenvalue weighted by Crippen LogP contribution is 2.37. The van der Waals surface area contributed by atoms with Crippen molar-refractivity contribution in [2.45, 2.75) is 69.0 Å². The molecule has 2 N–H and O–H groups in total. The zero-order valence-electron chi connectivity index (χ0n) is 12.5. The van der Waals surface area contributed by atoms with Crippen LogP contribution in [0, 0.1) is 5.92 Å². The molecule has 0 aromatic carbocycles. The fourth-order valence-corrected chi connectivity index (χ4v) is 4.48. The maximum Gasteiger partial charge on any atom is 0.242 e. The summed E-state index contributed by atoms with van der Waals surface area (Å²) in [6, 6.07) is 2.02. The van der Waals surface area contributed by atoms with Crippen LogP contribution in [0.2, 0.25) is 0 Å². The van der Waals surface area contributed by atoms with Gasteiger partial charge in [-0.15, -0.1) is 0 Å². The molecule has 2 aliphatic rings. The first-order chi connectivity index (χ1) is 9.99. The van der Waals surface area contributed by atoms with Gasteiger partial charge in [-0.2, -0.15) is 0 Å². The van der Waals surface area contributed by atoms with Gasteiger partial charge in [0.2, 0.25) is 10.0 Å². The second kappa shape index (κ2) is 5.74. The number of nitrogens with zero attached hydrogens (tertiary/aromatic N) is 1. The van der Waals surface area contributed by atoms with E-state index in [0.29, 0.717) is 17.7 Å². The van der Waals surface area contributed by atoms with Crippen LogP contribution in [0.5, 0.6) is 0 Å². The second-order valence-electron chi connectivity index (χ2n) is 6.54. The molecule has 0 saturated heterocycles. The summed E-state index contributed by atoms with van der Waals surface area (Å²) in [5.41, 5.74) is 0.690. The molecule has 2 fully saturated rings. The fourth-order valence-electron chi connectivity index (χ4n) is 3.13. The molecule has 21 heavy (non-hydrogen) atoms. The van der Waals surface area contributed by atoms with Gasteiger partial charge in [0.25, 0.3) is 0 Å². The van der Waals surface area contributed by atoms with Crippen LogP contribution in [0.1, 0.15) is 57.2 Å². The van der Waals surface area contributed by atoms with Crippen molar-refractivity contribution in [2.24, 2.45) is 5.92 Å². The Morgan fingerprint density at radius 1 is 1.24 bits per heavy atom. The van der Waals surface area contributed by atoms with Gasteiger partial charge in [-0.25, -0.2) is 13.1 Å². The molecule has 5 nitrogen and oxygen atoms in total. The highest BCUT2D eigenvalue weighted by molar-refractivity contribution is 7.89. The van der Waals surface area contributed by atoms with Crippen molar-refractivity contribution in [3.63, 3.8) is 0 Å². The molecule has 0 radical (unpaired) electrons. The van der Waals surface area contributed by atoms with Crippen molar-refractivity contribution in [3.05, 3.63) is 18.0 Å². The van der Waals surface area contributed by atoms with Gasteiger partial charge in [-0.05, 0) is 50.5 Å². The molecule has 0 bridgehead atoms. The molecule has 2 saturated carbocycles. The van der Waals surface area contributed by atoms with Gasteiger partial charge in [-0.3, -0.25) is 0 Å². The number of hydrogen-bond acceptors (Lipinski definition) is 3. The van der Waals surface area contributed by atoms with Gasteiger partial charge in [0.1, 0.15) is 0 Å². The average molecular weight is 312 g/mol. The van der Waals surface area contributed by atoms with Crippen LogP contribution in [0.4, 0.5) is 0 Å². The summed E-state index contributed by atoms with van der Waals surface area (Å²) >= 11 is 0. The predicted octanol–water partition coefficient (Wildman–Crippen LogP) is 2.17. The van der Waals surface area contributed by atoms with E-state index in [-0.39, 0.29) is 17.5 Å². The Morgan fingerprint density at radius 3 is 2.48 bits per heavy atom. The number of aliphatic hydroxyl groups excluding tert-OH is 1. The van der Waals surface area contributed by atoms with E-state index >= 15 is 0 Å². The average Bonchev–Trinajstić information content (AvgIpc) is 3.19. The zero-order chi connectivity index (χ0) is 15.0. The number of rotatable bonds is 5. The Bertz CT molecular complexity index is 596. The lowest BCUT2D eigenvalue weighted by Crippen LogP contribution is -2.37. The molecule has 118 valence electrons. The monoisotopic (exact) mass is 312 g/mol. The number of aliphatic hydroxyl groups is 1. The lowest BCUT2D eigenvalue weighted by atomic mass is 9.88. The minimum atomic E-state index is -3.48. The maximum atomic E-state index is 12.5. The minimum Gasteiger partial charge on any atom is -0.390 e. The second-order valence-corrected chi connectivity index (χ2v) is 8.26. The van der Waals surface area contributed by atoms with E-state index in [0.717, 1.165) is 38.5 Å². The summed E-state index contributed by atoms with van der Waals surface area (Å²) in [6.07, 6.45) is 7.80. The summed E-state index contributed by atoms with van der Waals surface area (Å²) in [5.74, 6) is 0.697. The minimum absolute atomic E-state index is 0.0491. The Labute approximate surface area is 126 Å². The van der Waals surface area contributed by atoms with E-state index in [1.54, 1.807) is 12.3 Å². The zero-order valence-corrected chi connectivity index (χ0v) is 13.3. The maximum absolute atomic E-state index is 12.5. The Morgan fingerprint density at radius 2 is 1.90 bits per heavy atom. The highest BCUT2D eigenvalue weighted by atomic mass is 32.2. The van der Waals surface area contributed by atoms with Crippen molar-refractivity contribution in [3.8, 4) is 0 Å². The van der Waals surface area contributed by atoms with Crippen LogP contribution in [-0.4, -0.2) is 24.1 Å². The van der Waals surface area contributed by atoms with Crippen LogP contribution in [0.3, 0.4) is 0 Å². The molecular weight excluding hydrogens is 288 g/mol. The van der Waals surface area contributed by atoms with Gasteiger partial charge in [0, 0.05) is 24.0 Å². The molecular formula is C15H24N2O3S. The van der Waals surface area contributed by atoms with Crippen molar-refractivity contribution in [1.29, 1.82) is 0 Å². The van der Waals surface area contributed by atoms with E-state index in [4.69, 9.17) is 0 Å². The molecule has 0 atom stereocenters. The summed E-state index contributed by atoms with van der Waals surface area (Å²) < 4.78 is 29.7. The normalized spacial score (nSPS) is 27.0. The lowest BCUT2D eigenvalue weighted by molar-refractivity contribution is 0.270. The Kier molecular flexibility index (Phi) is 4.12. The largest absolute Gasteiger partial charge is 0.390 e. The summed E-state index contributed by atoms with van der Waals surface area (Å²) in [6.45, 7) is 2.10. The molecule has 0 spiro atoms. The first-order valence-corrected chi connectivity index (χ1v) is 9.32. The SMILES string of the molecule is CC1CCC(NS(=O)(=O)c2cc(CO)n(C3CC3)c2)CC1. The van der Waals surface area contributed by atoms with Crippen molar-refractivity contribution >= 4 is 10.0 Å². The van der Waals surface area contributed by atoms with Gasteiger partial charge in [0.05, 0.1) is 11.5 Å². The van der Waals surface area contributed by atoms with Crippen LogP contribution >= 0.6 is 0 Å². The number of hydrogen-bond donors (Lipinski definition) is 2. The first kappa shape index (κ1) is 15.1. The van der Waals surface area contributed by atoms with Crippen LogP contribution in [0.15, 0.2) is 17.2 Å². The topological polar surface area (TPSA) is 71.3 Å². The number of nitrogens with one attached hydrogen (secondary N) is 1. The molecule has 0 amide bonds. The summed E-state index contributed by atoms with van der Waals surface area (Å²) in [7, 11) is -3.48. The van der Waals surface area contributed by atoms with Gasteiger partial charge >= 0.3 is 0 Å². The van der Waals surface area contributed by atoms with E-state index in [1.807, 2.05) is 4.57 Å². The van der Waals surface area contributed by atoms with Crippen molar-refractivity contribution in [1.82, 2.24) is 9.29 Å². The third-order valence-corrected chi connectivity index (χ3v) is 6.14. The predicted molar refractivity (Wildman–Crippen MR) is 80.4 cm³/mol. The lowest BCUT2D eigenvalue weighted by Gasteiger charge is -2.26. The molecule has 1 heterocycles. The van der Waals surface area contributed by atoms with Crippen molar-refractivity contribution in [2.75, 3.05) is 0 Å². The van der Waals surface area contributed by atoms with Crippen LogP contribution in [-0.2, 0) is 16.6 Å². The Balaban J connectivity index is 1.75. The third-order valence-electron chi connectivity index (χ3n) is 4.66. The van der Waals surface area contributed by atoms with Crippen LogP contribution in [0.25, 0.3) is 0 Å². The molecule has 0 aliphatic heterocycles. The highest BCUT2D eigenvalue weighted by Gasteiger charge is 2.29. The smallest absolute Gasteiger partial charge is 0.242 e. The molecule has 6 heteroatoms. The van der Waals surface area contributed by atoms with E-state index in [9.17, 15) is 13.5 Å². The number of sulfonamides is 1. The molecule has 2 aliphatic carbocycles. The quantitative estimate of drug-likeness (QED) is 0.875. The van der Waals surface area contributed by atoms with E-state index < -0.39 is 10.0 Å².